The molecule has 1 aromatic heterocycles. The van der Waals surface area contributed by atoms with E-state index in [4.69, 9.17) is 4.74 Å². The van der Waals surface area contributed by atoms with Crippen molar-refractivity contribution in [2.24, 2.45) is 0 Å². The van der Waals surface area contributed by atoms with Gasteiger partial charge in [-0.1, -0.05) is 36.4 Å². The Morgan fingerprint density at radius 1 is 1.00 bits per heavy atom. The highest BCUT2D eigenvalue weighted by molar-refractivity contribution is 5.26. The number of methoxy groups -OCH3 is 1. The number of ether oxygens (including phenoxy) is 1. The van der Waals surface area contributed by atoms with Gasteiger partial charge in [-0.3, -0.25) is 4.98 Å². The van der Waals surface area contributed by atoms with E-state index in [1.807, 2.05) is 43.3 Å². The van der Waals surface area contributed by atoms with Crippen LogP contribution in [0.3, 0.4) is 0 Å². The Kier molecular flexibility index (Phi) is 3.32. The molecule has 1 heterocycles. The first-order valence-electron chi connectivity index (χ1n) is 5.32. The average Bonchev–Trinajstić information content (AvgIpc) is 2.31. The van der Waals surface area contributed by atoms with E-state index in [0.717, 1.165) is 17.0 Å². The van der Waals surface area contributed by atoms with Gasteiger partial charge in [-0.15, -0.1) is 0 Å². The molecule has 1 unspecified atom stereocenters. The topological polar surface area (TPSA) is 22.1 Å². The second-order valence-electron chi connectivity index (χ2n) is 3.73. The van der Waals surface area contributed by atoms with Crippen LogP contribution in [0.4, 0.5) is 0 Å². The number of benzene rings is 1. The smallest absolute Gasteiger partial charge is 0.124 e. The minimum Gasteiger partial charge on any atom is -0.370 e. The van der Waals surface area contributed by atoms with Gasteiger partial charge >= 0.3 is 0 Å². The van der Waals surface area contributed by atoms with Crippen LogP contribution < -0.4 is 0 Å². The van der Waals surface area contributed by atoms with Gasteiger partial charge in [0.25, 0.3) is 0 Å². The van der Waals surface area contributed by atoms with Gasteiger partial charge in [0.1, 0.15) is 6.10 Å². The zero-order chi connectivity index (χ0) is 11.4. The average molecular weight is 213 g/mol. The van der Waals surface area contributed by atoms with Crippen molar-refractivity contribution in [1.82, 2.24) is 4.98 Å². The van der Waals surface area contributed by atoms with Crippen molar-refractivity contribution in [3.8, 4) is 0 Å². The van der Waals surface area contributed by atoms with Gasteiger partial charge < -0.3 is 4.74 Å². The van der Waals surface area contributed by atoms with Crippen LogP contribution in [0, 0.1) is 6.92 Å². The van der Waals surface area contributed by atoms with E-state index in [2.05, 4.69) is 17.1 Å². The van der Waals surface area contributed by atoms with E-state index in [9.17, 15) is 0 Å². The van der Waals surface area contributed by atoms with Crippen LogP contribution in [0.5, 0.6) is 0 Å². The zero-order valence-corrected chi connectivity index (χ0v) is 9.55. The lowest BCUT2D eigenvalue weighted by atomic mass is 10.1. The van der Waals surface area contributed by atoms with Gasteiger partial charge in [0.2, 0.25) is 0 Å². The van der Waals surface area contributed by atoms with Crippen molar-refractivity contribution in [3.63, 3.8) is 0 Å². The first-order chi connectivity index (χ1) is 7.81. The van der Waals surface area contributed by atoms with E-state index in [1.54, 1.807) is 7.11 Å². The molecular weight excluding hydrogens is 198 g/mol. The van der Waals surface area contributed by atoms with Gasteiger partial charge in [0, 0.05) is 12.8 Å². The summed E-state index contributed by atoms with van der Waals surface area (Å²) in [6.45, 7) is 1.99. The second kappa shape index (κ2) is 4.90. The normalized spacial score (nSPS) is 12.4. The lowest BCUT2D eigenvalue weighted by Crippen LogP contribution is -2.06. The Labute approximate surface area is 95.9 Å². The predicted molar refractivity (Wildman–Crippen MR) is 64.3 cm³/mol. The molecule has 0 aliphatic carbocycles. The maximum Gasteiger partial charge on any atom is 0.124 e. The van der Waals surface area contributed by atoms with E-state index in [-0.39, 0.29) is 6.10 Å². The molecule has 0 N–H and O–H groups in total. The van der Waals surface area contributed by atoms with Gasteiger partial charge in [-0.2, -0.15) is 0 Å². The van der Waals surface area contributed by atoms with Crippen LogP contribution >= 0.6 is 0 Å². The lowest BCUT2D eigenvalue weighted by Gasteiger charge is -2.15. The molecular formula is C14H15NO. The zero-order valence-electron chi connectivity index (χ0n) is 9.55. The summed E-state index contributed by atoms with van der Waals surface area (Å²) in [7, 11) is 1.71. The van der Waals surface area contributed by atoms with Crippen molar-refractivity contribution in [2.75, 3.05) is 7.11 Å². The molecule has 2 nitrogen and oxygen atoms in total. The molecule has 2 heteroatoms. The monoisotopic (exact) mass is 213 g/mol. The molecule has 16 heavy (non-hydrogen) atoms. The number of pyridine rings is 1. The summed E-state index contributed by atoms with van der Waals surface area (Å²) in [5.74, 6) is 0. The van der Waals surface area contributed by atoms with E-state index in [0.29, 0.717) is 0 Å². The summed E-state index contributed by atoms with van der Waals surface area (Å²) in [6.07, 6.45) is -0.0823. The molecule has 0 fully saturated rings. The molecule has 82 valence electrons. The Bertz CT molecular complexity index is 453. The van der Waals surface area contributed by atoms with E-state index in [1.165, 1.54) is 0 Å². The quantitative estimate of drug-likeness (QED) is 0.781. The van der Waals surface area contributed by atoms with Crippen LogP contribution in [0.25, 0.3) is 0 Å². The van der Waals surface area contributed by atoms with Crippen LogP contribution in [0.15, 0.2) is 48.5 Å². The van der Waals surface area contributed by atoms with Crippen LogP contribution in [-0.4, -0.2) is 12.1 Å². The number of hydrogen-bond donors (Lipinski definition) is 0. The Hall–Kier alpha value is -1.67. The third-order valence-corrected chi connectivity index (χ3v) is 2.52. The summed E-state index contributed by atoms with van der Waals surface area (Å²) in [5, 5.41) is 0. The highest BCUT2D eigenvalue weighted by Crippen LogP contribution is 2.23. The Balaban J connectivity index is 2.37. The van der Waals surface area contributed by atoms with Gasteiger partial charge in [0.05, 0.1) is 5.69 Å². The highest BCUT2D eigenvalue weighted by atomic mass is 16.5. The second-order valence-corrected chi connectivity index (χ2v) is 3.73. The number of nitrogens with zero attached hydrogens (tertiary/aromatic N) is 1. The molecule has 1 atom stereocenters. The summed E-state index contributed by atoms with van der Waals surface area (Å²) in [4.78, 5) is 4.50. The molecule has 1 aromatic carbocycles. The largest absolute Gasteiger partial charge is 0.370 e. The third-order valence-electron chi connectivity index (χ3n) is 2.52. The highest BCUT2D eigenvalue weighted by Gasteiger charge is 2.13. The molecule has 0 saturated carbocycles. The van der Waals surface area contributed by atoms with E-state index < -0.39 is 0 Å². The van der Waals surface area contributed by atoms with Crippen molar-refractivity contribution in [1.29, 1.82) is 0 Å². The maximum absolute atomic E-state index is 5.51. The first-order valence-corrected chi connectivity index (χ1v) is 5.32. The number of rotatable bonds is 3. The van der Waals surface area contributed by atoms with E-state index >= 15 is 0 Å². The molecule has 0 amide bonds. The number of hydrogen-bond acceptors (Lipinski definition) is 2. The van der Waals surface area contributed by atoms with Crippen molar-refractivity contribution in [3.05, 3.63) is 65.5 Å². The van der Waals surface area contributed by atoms with Crippen LogP contribution in [0.1, 0.15) is 23.1 Å². The molecule has 0 bridgehead atoms. The third kappa shape index (κ3) is 2.28. The predicted octanol–water partition coefficient (Wildman–Crippen LogP) is 3.13. The molecule has 0 radical (unpaired) electrons. The summed E-state index contributed by atoms with van der Waals surface area (Å²) >= 11 is 0. The van der Waals surface area contributed by atoms with Gasteiger partial charge in [-0.05, 0) is 24.6 Å². The molecule has 0 saturated heterocycles. The lowest BCUT2D eigenvalue weighted by molar-refractivity contribution is 0.133. The van der Waals surface area contributed by atoms with Crippen molar-refractivity contribution >= 4 is 0 Å². The number of aromatic nitrogens is 1. The summed E-state index contributed by atoms with van der Waals surface area (Å²) in [5.41, 5.74) is 3.09. The minimum atomic E-state index is -0.0823. The van der Waals surface area contributed by atoms with Gasteiger partial charge in [-0.25, -0.2) is 0 Å². The Morgan fingerprint density at radius 3 is 2.38 bits per heavy atom. The summed E-state index contributed by atoms with van der Waals surface area (Å²) in [6, 6.07) is 16.1. The number of aryl methyl sites for hydroxylation is 1. The molecule has 0 aliphatic heterocycles. The minimum absolute atomic E-state index is 0.0823. The SMILES string of the molecule is COC(c1ccccc1)c1cccc(C)n1. The fraction of sp³-hybridized carbons (Fsp3) is 0.214. The summed E-state index contributed by atoms with van der Waals surface area (Å²) < 4.78 is 5.51. The molecule has 0 spiro atoms. The van der Waals surface area contributed by atoms with Crippen molar-refractivity contribution < 1.29 is 4.74 Å². The molecule has 2 rings (SSSR count). The Morgan fingerprint density at radius 2 is 1.75 bits per heavy atom. The molecule has 2 aromatic rings. The van der Waals surface area contributed by atoms with Crippen LogP contribution in [0.2, 0.25) is 0 Å². The molecule has 0 aliphatic rings. The van der Waals surface area contributed by atoms with Gasteiger partial charge in [0.15, 0.2) is 0 Å². The van der Waals surface area contributed by atoms with Crippen LogP contribution in [-0.2, 0) is 4.74 Å². The fourth-order valence-corrected chi connectivity index (χ4v) is 1.77. The standard InChI is InChI=1S/C14H15NO/c1-11-7-6-10-13(15-11)14(16-2)12-8-4-3-5-9-12/h3-10,14H,1-2H3. The fourth-order valence-electron chi connectivity index (χ4n) is 1.77. The maximum atomic E-state index is 5.51. The first kappa shape index (κ1) is 10.8. The van der Waals surface area contributed by atoms with Crippen molar-refractivity contribution in [2.45, 2.75) is 13.0 Å².